The summed E-state index contributed by atoms with van der Waals surface area (Å²) in [6, 6.07) is 0. The third-order valence-corrected chi connectivity index (χ3v) is 0.822. The van der Waals surface area contributed by atoms with Crippen molar-refractivity contribution >= 4 is 5.82 Å². The Labute approximate surface area is 52.3 Å². The molecule has 0 aromatic carbocycles. The van der Waals surface area contributed by atoms with Crippen LogP contribution in [-0.4, -0.2) is 14.9 Å². The Bertz CT molecular complexity index is 307. The van der Waals surface area contributed by atoms with Gasteiger partial charge in [-0.05, 0) is 0 Å². The fourth-order valence-electron chi connectivity index (χ4n) is 0.391. The fourth-order valence-corrected chi connectivity index (χ4v) is 0.391. The minimum atomic E-state index is -0.242. The highest BCUT2D eigenvalue weighted by Crippen LogP contribution is 1.86. The number of hydrogen-bond acceptors (Lipinski definition) is 4. The van der Waals surface area contributed by atoms with Crippen molar-refractivity contribution in [2.75, 3.05) is 5.73 Å². The average Bonchev–Trinajstić information content (AvgIpc) is 1.93. The number of hydrogen-bond donors (Lipinski definition) is 3. The average molecular weight is 127 g/mol. The maximum Gasteiger partial charge on any atom is 0.181 e. The Hall–Kier alpha value is -1.52. The minimum absolute atomic E-state index is 0.229. The zero-order chi connectivity index (χ0) is 7.72. The molecule has 1 heterocycles. The molecule has 0 spiro atoms. The van der Waals surface area contributed by atoms with Crippen molar-refractivity contribution in [1.82, 2.24) is 9.71 Å². The number of nitrogen functional groups attached to an aromatic ring is 1. The van der Waals surface area contributed by atoms with Gasteiger partial charge in [-0.2, -0.15) is 4.73 Å². The van der Waals surface area contributed by atoms with E-state index in [1.807, 2.05) is 0 Å². The first-order valence-corrected chi connectivity index (χ1v) is 2.21. The van der Waals surface area contributed by atoms with E-state index in [1.165, 1.54) is 0 Å². The zero-order valence-electron chi connectivity index (χ0n) is 5.50. The highest BCUT2D eigenvalue weighted by Gasteiger charge is 1.90. The van der Waals surface area contributed by atoms with E-state index in [2.05, 4.69) is 4.98 Å². The number of anilines is 1. The first-order chi connectivity index (χ1) is 4.63. The zero-order valence-corrected chi connectivity index (χ0v) is 4.50. The van der Waals surface area contributed by atoms with E-state index in [0.717, 1.165) is 6.20 Å². The van der Waals surface area contributed by atoms with Crippen LogP contribution in [-0.2, 0) is 0 Å². The summed E-state index contributed by atoms with van der Waals surface area (Å²) < 4.78 is 7.35. The van der Waals surface area contributed by atoms with Crippen molar-refractivity contribution in [1.29, 1.82) is 5.41 Å². The van der Waals surface area contributed by atoms with E-state index in [-0.39, 0.29) is 17.5 Å². The largest absolute Gasteiger partial charge is 0.425 e. The van der Waals surface area contributed by atoms with Crippen molar-refractivity contribution in [3.63, 3.8) is 0 Å². The van der Waals surface area contributed by atoms with Gasteiger partial charge < -0.3 is 10.9 Å². The third-order valence-electron chi connectivity index (χ3n) is 0.822. The summed E-state index contributed by atoms with van der Waals surface area (Å²) in [7, 11) is 0. The molecule has 0 radical (unpaired) electrons. The van der Waals surface area contributed by atoms with Crippen molar-refractivity contribution in [2.24, 2.45) is 0 Å². The summed E-state index contributed by atoms with van der Waals surface area (Å²) in [5, 5.41) is 15.8. The number of nitrogens with one attached hydrogen (secondary N) is 1. The molecule has 4 N–H and O–H groups in total. The standard InChI is InChI=1S/C4H6N4O/c5-3-1-7-2-4(6)8(3)9/h1-2,5,9H,6H2/i2D. The van der Waals surface area contributed by atoms with Crippen LogP contribution in [0.2, 0.25) is 0 Å². The van der Waals surface area contributed by atoms with Gasteiger partial charge >= 0.3 is 0 Å². The van der Waals surface area contributed by atoms with Crippen LogP contribution in [0.4, 0.5) is 5.82 Å². The molecule has 0 aliphatic heterocycles. The summed E-state index contributed by atoms with van der Waals surface area (Å²) in [5.74, 6) is -0.229. The number of rotatable bonds is 0. The van der Waals surface area contributed by atoms with Crippen molar-refractivity contribution < 1.29 is 6.58 Å². The molecule has 0 bridgehead atoms. The van der Waals surface area contributed by atoms with E-state index < -0.39 is 0 Å². The van der Waals surface area contributed by atoms with E-state index in [9.17, 15) is 0 Å². The second kappa shape index (κ2) is 1.77. The van der Waals surface area contributed by atoms with Gasteiger partial charge in [-0.15, -0.1) is 0 Å². The quantitative estimate of drug-likeness (QED) is 0.398. The molecule has 1 rings (SSSR count). The second-order valence-electron chi connectivity index (χ2n) is 1.45. The molecule has 9 heavy (non-hydrogen) atoms. The lowest BCUT2D eigenvalue weighted by Crippen LogP contribution is -2.20. The monoisotopic (exact) mass is 127 g/mol. The van der Waals surface area contributed by atoms with Gasteiger partial charge in [-0.3, -0.25) is 10.4 Å². The molecular formula is C4H6N4O. The van der Waals surface area contributed by atoms with Gasteiger partial charge in [0, 0.05) is 0 Å². The molecule has 5 heteroatoms. The molecule has 1 aromatic heterocycles. The smallest absolute Gasteiger partial charge is 0.181 e. The van der Waals surface area contributed by atoms with Crippen LogP contribution >= 0.6 is 0 Å². The second-order valence-corrected chi connectivity index (χ2v) is 1.45. The van der Waals surface area contributed by atoms with Gasteiger partial charge in [0.15, 0.2) is 11.3 Å². The van der Waals surface area contributed by atoms with Crippen molar-refractivity contribution in [3.05, 3.63) is 17.9 Å². The van der Waals surface area contributed by atoms with Crippen LogP contribution in [0, 0.1) is 5.41 Å². The third kappa shape index (κ3) is 0.835. The molecule has 5 nitrogen and oxygen atoms in total. The first kappa shape index (κ1) is 4.37. The molecule has 0 unspecified atom stereocenters. The Morgan fingerprint density at radius 2 is 2.67 bits per heavy atom. The highest BCUT2D eigenvalue weighted by molar-refractivity contribution is 5.21. The maximum absolute atomic E-state index is 8.83. The predicted octanol–water partition coefficient (Wildman–Crippen LogP) is -0.818. The van der Waals surface area contributed by atoms with Crippen molar-refractivity contribution in [3.8, 4) is 0 Å². The van der Waals surface area contributed by atoms with Crippen LogP contribution in [0.5, 0.6) is 0 Å². The first-order valence-electron chi connectivity index (χ1n) is 2.71. The van der Waals surface area contributed by atoms with Crippen LogP contribution in [0.1, 0.15) is 1.37 Å². The maximum atomic E-state index is 8.83. The van der Waals surface area contributed by atoms with E-state index >= 15 is 0 Å². The number of aromatic nitrogens is 2. The molecule has 0 fully saturated rings. The van der Waals surface area contributed by atoms with Gasteiger partial charge in [0.1, 0.15) is 0 Å². The van der Waals surface area contributed by atoms with Crippen LogP contribution < -0.4 is 11.2 Å². The highest BCUT2D eigenvalue weighted by atomic mass is 16.5. The number of nitrogens with zero attached hydrogens (tertiary/aromatic N) is 2. The lowest BCUT2D eigenvalue weighted by molar-refractivity contribution is 0.176. The Balaban J connectivity index is 3.49. The summed E-state index contributed by atoms with van der Waals surface area (Å²) >= 11 is 0. The lowest BCUT2D eigenvalue weighted by atomic mass is 10.7. The predicted molar refractivity (Wildman–Crippen MR) is 29.7 cm³/mol. The van der Waals surface area contributed by atoms with E-state index in [4.69, 9.17) is 17.7 Å². The van der Waals surface area contributed by atoms with E-state index in [1.54, 1.807) is 0 Å². The van der Waals surface area contributed by atoms with Gasteiger partial charge in [-0.25, -0.2) is 0 Å². The molecule has 0 amide bonds. The topological polar surface area (TPSA) is 87.9 Å². The summed E-state index contributed by atoms with van der Waals surface area (Å²) in [4.78, 5) is 3.41. The van der Waals surface area contributed by atoms with Gasteiger partial charge in [0.25, 0.3) is 0 Å². The molecule has 0 aliphatic carbocycles. The molecule has 0 atom stereocenters. The molecule has 0 saturated carbocycles. The molecule has 0 aliphatic rings. The van der Waals surface area contributed by atoms with Crippen LogP contribution in [0.25, 0.3) is 0 Å². The minimum Gasteiger partial charge on any atom is -0.425 e. The lowest BCUT2D eigenvalue weighted by Gasteiger charge is -1.97. The van der Waals surface area contributed by atoms with Gasteiger partial charge in [0.05, 0.1) is 13.7 Å². The fraction of sp³-hybridized carbons (Fsp3) is 0. The van der Waals surface area contributed by atoms with Gasteiger partial charge in [0.2, 0.25) is 0 Å². The molecule has 48 valence electrons. The van der Waals surface area contributed by atoms with Crippen LogP contribution in [0.15, 0.2) is 12.4 Å². The summed E-state index contributed by atoms with van der Waals surface area (Å²) in [6.45, 7) is 0. The van der Waals surface area contributed by atoms with Crippen molar-refractivity contribution in [2.45, 2.75) is 0 Å². The molecule has 1 aromatic rings. The van der Waals surface area contributed by atoms with Gasteiger partial charge in [-0.1, -0.05) is 0 Å². The Kier molecular flexibility index (Phi) is 0.860. The summed E-state index contributed by atoms with van der Waals surface area (Å²) in [5.41, 5.74) is 4.88. The molecular weight excluding hydrogens is 120 g/mol. The Morgan fingerprint density at radius 3 is 3.22 bits per heavy atom. The summed E-state index contributed by atoms with van der Waals surface area (Å²) in [6.07, 6.45) is 0.803. The molecule has 0 saturated heterocycles. The van der Waals surface area contributed by atoms with Crippen LogP contribution in [0.3, 0.4) is 0 Å². The SMILES string of the molecule is [2H]c1ncc(=N)n(O)c1N. The Morgan fingerprint density at radius 1 is 2.00 bits per heavy atom. The normalized spacial score (nSPS) is 10.9. The van der Waals surface area contributed by atoms with E-state index in [0.29, 0.717) is 4.73 Å². The number of nitrogens with two attached hydrogens (primary N) is 1.